The van der Waals surface area contributed by atoms with E-state index in [0.29, 0.717) is 16.5 Å². The second kappa shape index (κ2) is 5.98. The maximum absolute atomic E-state index is 12.6. The standard InChI is InChI=1S/C17H20ClN3O2/c1-11-15(16(23)20-17(2,10-22)12-6-7-12)9-19-21(11)14-5-3-4-13(18)8-14/h3-5,8-9,12,22H,6-7,10H2,1-2H3,(H,20,23). The van der Waals surface area contributed by atoms with E-state index in [2.05, 4.69) is 10.4 Å². The number of rotatable bonds is 5. The number of aliphatic hydroxyl groups excluding tert-OH is 1. The van der Waals surface area contributed by atoms with Gasteiger partial charge in [0.25, 0.3) is 5.91 Å². The first kappa shape index (κ1) is 16.0. The van der Waals surface area contributed by atoms with Gasteiger partial charge in [0, 0.05) is 5.02 Å². The Kier molecular flexibility index (Phi) is 4.17. The van der Waals surface area contributed by atoms with E-state index in [0.717, 1.165) is 24.2 Å². The van der Waals surface area contributed by atoms with E-state index in [1.54, 1.807) is 23.0 Å². The highest BCUT2D eigenvalue weighted by Crippen LogP contribution is 2.39. The van der Waals surface area contributed by atoms with Crippen LogP contribution >= 0.6 is 11.6 Å². The molecule has 0 saturated heterocycles. The zero-order valence-corrected chi connectivity index (χ0v) is 14.0. The van der Waals surface area contributed by atoms with E-state index < -0.39 is 5.54 Å². The van der Waals surface area contributed by atoms with Crippen molar-refractivity contribution in [2.75, 3.05) is 6.61 Å². The predicted octanol–water partition coefficient (Wildman–Crippen LogP) is 2.72. The molecular formula is C17H20ClN3O2. The van der Waals surface area contributed by atoms with E-state index >= 15 is 0 Å². The Morgan fingerprint density at radius 1 is 1.52 bits per heavy atom. The number of carbonyl (C=O) groups excluding carboxylic acids is 1. The number of amides is 1. The van der Waals surface area contributed by atoms with Crippen LogP contribution in [0.1, 0.15) is 35.8 Å². The first-order valence-corrected chi connectivity index (χ1v) is 8.06. The molecule has 1 aliphatic carbocycles. The minimum Gasteiger partial charge on any atom is -0.394 e. The number of hydrogen-bond acceptors (Lipinski definition) is 3. The highest BCUT2D eigenvalue weighted by molar-refractivity contribution is 6.30. The zero-order valence-electron chi connectivity index (χ0n) is 13.2. The minimum atomic E-state index is -0.568. The molecule has 1 unspecified atom stereocenters. The van der Waals surface area contributed by atoms with Crippen molar-refractivity contribution in [2.45, 2.75) is 32.2 Å². The molecule has 1 fully saturated rings. The lowest BCUT2D eigenvalue weighted by Crippen LogP contribution is -2.50. The monoisotopic (exact) mass is 333 g/mol. The normalized spacial score (nSPS) is 16.9. The van der Waals surface area contributed by atoms with Crippen LogP contribution in [-0.4, -0.2) is 32.9 Å². The van der Waals surface area contributed by atoms with Crippen LogP contribution in [-0.2, 0) is 0 Å². The molecule has 0 bridgehead atoms. The van der Waals surface area contributed by atoms with Gasteiger partial charge in [0.05, 0.1) is 35.3 Å². The number of hydrogen-bond donors (Lipinski definition) is 2. The Bertz CT molecular complexity index is 739. The summed E-state index contributed by atoms with van der Waals surface area (Å²) < 4.78 is 1.69. The molecular weight excluding hydrogens is 314 g/mol. The van der Waals surface area contributed by atoms with Crippen LogP contribution in [0.5, 0.6) is 0 Å². The molecule has 1 aromatic carbocycles. The van der Waals surface area contributed by atoms with Crippen molar-refractivity contribution in [3.63, 3.8) is 0 Å². The third kappa shape index (κ3) is 3.12. The SMILES string of the molecule is Cc1c(C(=O)NC(C)(CO)C2CC2)cnn1-c1cccc(Cl)c1. The first-order chi connectivity index (χ1) is 10.9. The quantitative estimate of drug-likeness (QED) is 0.884. The maximum atomic E-state index is 12.6. The molecule has 1 aromatic heterocycles. The van der Waals surface area contributed by atoms with Crippen molar-refractivity contribution in [1.82, 2.24) is 15.1 Å². The van der Waals surface area contributed by atoms with Gasteiger partial charge in [-0.2, -0.15) is 5.10 Å². The molecule has 6 heteroatoms. The molecule has 122 valence electrons. The topological polar surface area (TPSA) is 67.2 Å². The molecule has 0 aliphatic heterocycles. The average molecular weight is 334 g/mol. The van der Waals surface area contributed by atoms with Gasteiger partial charge in [-0.05, 0) is 50.8 Å². The fourth-order valence-electron chi connectivity index (χ4n) is 2.82. The Labute approximate surface area is 140 Å². The molecule has 5 nitrogen and oxygen atoms in total. The molecule has 3 rings (SSSR count). The molecule has 1 saturated carbocycles. The van der Waals surface area contributed by atoms with Gasteiger partial charge in [0.2, 0.25) is 0 Å². The smallest absolute Gasteiger partial charge is 0.255 e. The first-order valence-electron chi connectivity index (χ1n) is 7.68. The summed E-state index contributed by atoms with van der Waals surface area (Å²) in [7, 11) is 0. The van der Waals surface area contributed by atoms with Crippen LogP contribution in [0.2, 0.25) is 5.02 Å². The lowest BCUT2D eigenvalue weighted by Gasteiger charge is -2.28. The summed E-state index contributed by atoms with van der Waals surface area (Å²) in [4.78, 5) is 12.6. The lowest BCUT2D eigenvalue weighted by molar-refractivity contribution is 0.0824. The van der Waals surface area contributed by atoms with Crippen LogP contribution in [0.4, 0.5) is 0 Å². The molecule has 0 spiro atoms. The van der Waals surface area contributed by atoms with E-state index in [4.69, 9.17) is 11.6 Å². The van der Waals surface area contributed by atoms with E-state index in [9.17, 15) is 9.90 Å². The lowest BCUT2D eigenvalue weighted by atomic mass is 9.96. The van der Waals surface area contributed by atoms with Gasteiger partial charge < -0.3 is 10.4 Å². The molecule has 23 heavy (non-hydrogen) atoms. The number of carbonyl (C=O) groups is 1. The molecule has 1 atom stereocenters. The van der Waals surface area contributed by atoms with Crippen molar-refractivity contribution < 1.29 is 9.90 Å². The third-order valence-electron chi connectivity index (χ3n) is 4.51. The van der Waals surface area contributed by atoms with Crippen molar-refractivity contribution in [3.05, 3.63) is 46.7 Å². The largest absolute Gasteiger partial charge is 0.394 e. The van der Waals surface area contributed by atoms with Gasteiger partial charge in [-0.15, -0.1) is 0 Å². The van der Waals surface area contributed by atoms with Crippen LogP contribution in [0.25, 0.3) is 5.69 Å². The Morgan fingerprint density at radius 3 is 2.87 bits per heavy atom. The molecule has 0 radical (unpaired) electrons. The van der Waals surface area contributed by atoms with Gasteiger partial charge in [-0.25, -0.2) is 4.68 Å². The maximum Gasteiger partial charge on any atom is 0.255 e. The molecule has 1 aliphatic rings. The van der Waals surface area contributed by atoms with Crippen molar-refractivity contribution in [1.29, 1.82) is 0 Å². The van der Waals surface area contributed by atoms with Gasteiger partial charge in [-0.3, -0.25) is 4.79 Å². The Morgan fingerprint density at radius 2 is 2.26 bits per heavy atom. The number of benzene rings is 1. The third-order valence-corrected chi connectivity index (χ3v) is 4.75. The second-order valence-corrected chi connectivity index (χ2v) is 6.78. The summed E-state index contributed by atoms with van der Waals surface area (Å²) in [5.41, 5.74) is 1.48. The zero-order chi connectivity index (χ0) is 16.6. The fourth-order valence-corrected chi connectivity index (χ4v) is 3.00. The summed E-state index contributed by atoms with van der Waals surface area (Å²) in [5.74, 6) is 0.138. The van der Waals surface area contributed by atoms with Crippen LogP contribution in [0.15, 0.2) is 30.5 Å². The number of aromatic nitrogens is 2. The molecule has 2 aromatic rings. The van der Waals surface area contributed by atoms with Crippen LogP contribution < -0.4 is 5.32 Å². The highest BCUT2D eigenvalue weighted by atomic mass is 35.5. The number of aliphatic hydroxyl groups is 1. The average Bonchev–Trinajstić information content (AvgIpc) is 3.30. The van der Waals surface area contributed by atoms with Crippen molar-refractivity contribution in [3.8, 4) is 5.69 Å². The summed E-state index contributed by atoms with van der Waals surface area (Å²) in [6, 6.07) is 7.31. The predicted molar refractivity (Wildman–Crippen MR) is 89.0 cm³/mol. The minimum absolute atomic E-state index is 0.0646. The number of nitrogens with zero attached hydrogens (tertiary/aromatic N) is 2. The second-order valence-electron chi connectivity index (χ2n) is 6.34. The van der Waals surface area contributed by atoms with Crippen LogP contribution in [0.3, 0.4) is 0 Å². The highest BCUT2D eigenvalue weighted by Gasteiger charge is 2.42. The van der Waals surface area contributed by atoms with E-state index in [1.165, 1.54) is 0 Å². The number of halogens is 1. The molecule has 2 N–H and O–H groups in total. The molecule has 1 heterocycles. The van der Waals surface area contributed by atoms with Crippen molar-refractivity contribution >= 4 is 17.5 Å². The summed E-state index contributed by atoms with van der Waals surface area (Å²) in [6.07, 6.45) is 3.63. The van der Waals surface area contributed by atoms with E-state index in [1.807, 2.05) is 26.0 Å². The van der Waals surface area contributed by atoms with E-state index in [-0.39, 0.29) is 12.5 Å². The van der Waals surface area contributed by atoms with Gasteiger partial charge in [-0.1, -0.05) is 17.7 Å². The number of nitrogens with one attached hydrogen (secondary N) is 1. The van der Waals surface area contributed by atoms with Gasteiger partial charge in [0.1, 0.15) is 0 Å². The Hall–Kier alpha value is -1.85. The Balaban J connectivity index is 1.85. The fraction of sp³-hybridized carbons (Fsp3) is 0.412. The summed E-state index contributed by atoms with van der Waals surface area (Å²) in [5, 5.41) is 17.5. The van der Waals surface area contributed by atoms with Gasteiger partial charge >= 0.3 is 0 Å². The van der Waals surface area contributed by atoms with Gasteiger partial charge in [0.15, 0.2) is 0 Å². The van der Waals surface area contributed by atoms with Crippen LogP contribution in [0, 0.1) is 12.8 Å². The summed E-state index contributed by atoms with van der Waals surface area (Å²) >= 11 is 6.02. The summed E-state index contributed by atoms with van der Waals surface area (Å²) in [6.45, 7) is 3.67. The van der Waals surface area contributed by atoms with Crippen molar-refractivity contribution in [2.24, 2.45) is 5.92 Å². The molecule has 1 amide bonds.